The topological polar surface area (TPSA) is 82.6 Å². The smallest absolute Gasteiger partial charge is 0.254 e. The van der Waals surface area contributed by atoms with Crippen LogP contribution in [-0.4, -0.2) is 41.2 Å². The Kier molecular flexibility index (Phi) is 5.52. The number of nitrogens with one attached hydrogen (secondary N) is 1. The van der Waals surface area contributed by atoms with E-state index in [9.17, 15) is 19.1 Å². The number of H-pyrrole nitrogens is 1. The van der Waals surface area contributed by atoms with Crippen molar-refractivity contribution in [3.63, 3.8) is 0 Å². The second-order valence-corrected chi connectivity index (χ2v) is 6.04. The quantitative estimate of drug-likeness (QED) is 0.698. The molecule has 3 aromatic rings. The molecule has 0 saturated heterocycles. The van der Waals surface area contributed by atoms with Crippen LogP contribution in [0.2, 0.25) is 0 Å². The van der Waals surface area contributed by atoms with Crippen LogP contribution in [0.4, 0.5) is 4.39 Å². The third kappa shape index (κ3) is 4.15. The molecule has 1 amide bonds. The molecule has 0 bridgehead atoms. The summed E-state index contributed by atoms with van der Waals surface area (Å²) in [6.45, 7) is -0.274. The van der Waals surface area contributed by atoms with E-state index in [1.54, 1.807) is 31.4 Å². The van der Waals surface area contributed by atoms with E-state index in [0.29, 0.717) is 16.8 Å². The Labute approximate surface area is 154 Å². The van der Waals surface area contributed by atoms with Crippen LogP contribution in [0.25, 0.3) is 10.9 Å². The largest absolute Gasteiger partial charge is 0.497 e. The number of amides is 1. The molecule has 3 rings (SSSR count). The summed E-state index contributed by atoms with van der Waals surface area (Å²) < 4.78 is 18.6. The number of aromatic amines is 1. The predicted octanol–water partition coefficient (Wildman–Crippen LogP) is 2.31. The van der Waals surface area contributed by atoms with E-state index in [-0.39, 0.29) is 30.8 Å². The van der Waals surface area contributed by atoms with E-state index in [1.165, 1.54) is 23.1 Å². The van der Waals surface area contributed by atoms with Gasteiger partial charge in [-0.3, -0.25) is 9.59 Å². The third-order valence-corrected chi connectivity index (χ3v) is 4.22. The number of halogens is 1. The maximum atomic E-state index is 13.4. The molecule has 0 radical (unpaired) electrons. The number of ether oxygens (including phenoxy) is 1. The monoisotopic (exact) mass is 370 g/mol. The van der Waals surface area contributed by atoms with E-state index in [0.717, 1.165) is 11.5 Å². The minimum atomic E-state index is -0.527. The van der Waals surface area contributed by atoms with Crippen molar-refractivity contribution in [1.29, 1.82) is 0 Å². The van der Waals surface area contributed by atoms with Crippen molar-refractivity contribution < 1.29 is 19.0 Å². The highest BCUT2D eigenvalue weighted by atomic mass is 19.1. The Balaban J connectivity index is 1.95. The molecular formula is C20H19FN2O4. The first-order valence-electron chi connectivity index (χ1n) is 8.37. The van der Waals surface area contributed by atoms with E-state index >= 15 is 0 Å². The van der Waals surface area contributed by atoms with Gasteiger partial charge in [-0.15, -0.1) is 0 Å². The summed E-state index contributed by atoms with van der Waals surface area (Å²) in [7, 11) is 1.55. The second kappa shape index (κ2) is 8.01. The van der Waals surface area contributed by atoms with Gasteiger partial charge in [-0.25, -0.2) is 4.39 Å². The molecule has 27 heavy (non-hydrogen) atoms. The molecule has 0 saturated carbocycles. The molecule has 0 spiro atoms. The summed E-state index contributed by atoms with van der Waals surface area (Å²) in [5, 5.41) is 10.1. The summed E-state index contributed by atoms with van der Waals surface area (Å²) in [6.07, 6.45) is 0. The molecule has 2 aromatic carbocycles. The number of pyridine rings is 1. The number of carbonyl (C=O) groups excluding carboxylic acids is 1. The number of hydrogen-bond donors (Lipinski definition) is 2. The van der Waals surface area contributed by atoms with Crippen LogP contribution in [0.15, 0.2) is 53.3 Å². The van der Waals surface area contributed by atoms with E-state index in [2.05, 4.69) is 4.98 Å². The number of rotatable bonds is 6. The minimum Gasteiger partial charge on any atom is -0.497 e. The molecule has 140 valence electrons. The van der Waals surface area contributed by atoms with E-state index in [1.807, 2.05) is 0 Å². The lowest BCUT2D eigenvalue weighted by atomic mass is 10.1. The Morgan fingerprint density at radius 1 is 1.22 bits per heavy atom. The zero-order valence-electron chi connectivity index (χ0n) is 14.7. The molecule has 6 nitrogen and oxygen atoms in total. The van der Waals surface area contributed by atoms with Crippen molar-refractivity contribution in [2.45, 2.75) is 6.54 Å². The fraction of sp³-hybridized carbons (Fsp3) is 0.200. The lowest BCUT2D eigenvalue weighted by Crippen LogP contribution is -2.35. The number of aromatic nitrogens is 1. The van der Waals surface area contributed by atoms with Crippen LogP contribution in [0, 0.1) is 5.82 Å². The summed E-state index contributed by atoms with van der Waals surface area (Å²) in [4.78, 5) is 29.2. The van der Waals surface area contributed by atoms with Crippen molar-refractivity contribution in [2.75, 3.05) is 20.3 Å². The van der Waals surface area contributed by atoms with Crippen LogP contribution >= 0.6 is 0 Å². The molecule has 2 N–H and O–H groups in total. The van der Waals surface area contributed by atoms with Gasteiger partial charge in [0.1, 0.15) is 11.6 Å². The Hall–Kier alpha value is -3.19. The fourth-order valence-electron chi connectivity index (χ4n) is 2.86. The highest BCUT2D eigenvalue weighted by molar-refractivity contribution is 5.94. The molecule has 1 heterocycles. The lowest BCUT2D eigenvalue weighted by Gasteiger charge is -2.22. The zero-order chi connectivity index (χ0) is 19.4. The van der Waals surface area contributed by atoms with Crippen molar-refractivity contribution in [3.8, 4) is 5.75 Å². The average molecular weight is 370 g/mol. The molecule has 0 fully saturated rings. The van der Waals surface area contributed by atoms with Crippen molar-refractivity contribution in [1.82, 2.24) is 9.88 Å². The Morgan fingerprint density at radius 2 is 2.04 bits per heavy atom. The molecule has 7 heteroatoms. The van der Waals surface area contributed by atoms with Crippen LogP contribution in [-0.2, 0) is 6.54 Å². The predicted molar refractivity (Wildman–Crippen MR) is 99.3 cm³/mol. The maximum Gasteiger partial charge on any atom is 0.254 e. The molecular weight excluding hydrogens is 351 g/mol. The number of benzene rings is 2. The van der Waals surface area contributed by atoms with Gasteiger partial charge in [-0.2, -0.15) is 0 Å². The van der Waals surface area contributed by atoms with Gasteiger partial charge in [-0.05, 0) is 42.5 Å². The number of fused-ring (bicyclic) bond motifs is 1. The molecule has 1 aromatic heterocycles. The molecule has 0 aliphatic heterocycles. The molecule has 0 atom stereocenters. The molecule has 0 unspecified atom stereocenters. The van der Waals surface area contributed by atoms with Gasteiger partial charge in [0.2, 0.25) is 0 Å². The molecule has 0 aliphatic carbocycles. The van der Waals surface area contributed by atoms with Crippen molar-refractivity contribution >= 4 is 16.8 Å². The van der Waals surface area contributed by atoms with Crippen molar-refractivity contribution in [3.05, 3.63) is 75.8 Å². The first-order valence-corrected chi connectivity index (χ1v) is 8.37. The van der Waals surface area contributed by atoms with Gasteiger partial charge in [0.15, 0.2) is 0 Å². The molecule has 0 aliphatic rings. The first kappa shape index (κ1) is 18.6. The summed E-state index contributed by atoms with van der Waals surface area (Å²) in [6, 6.07) is 12.2. The number of aliphatic hydroxyl groups excluding tert-OH is 1. The highest BCUT2D eigenvalue weighted by Crippen LogP contribution is 2.19. The number of aliphatic hydroxyl groups is 1. The maximum absolute atomic E-state index is 13.4. The van der Waals surface area contributed by atoms with Gasteiger partial charge < -0.3 is 19.7 Å². The average Bonchev–Trinajstić information content (AvgIpc) is 2.67. The van der Waals surface area contributed by atoms with Crippen LogP contribution in [0.5, 0.6) is 5.75 Å². The van der Waals surface area contributed by atoms with E-state index < -0.39 is 11.7 Å². The minimum absolute atomic E-state index is 0.0155. The van der Waals surface area contributed by atoms with Gasteiger partial charge in [0.25, 0.3) is 11.5 Å². The second-order valence-electron chi connectivity index (χ2n) is 6.04. The normalized spacial score (nSPS) is 10.8. The summed E-state index contributed by atoms with van der Waals surface area (Å²) >= 11 is 0. The van der Waals surface area contributed by atoms with Crippen LogP contribution < -0.4 is 10.3 Å². The number of methoxy groups -OCH3 is 1. The summed E-state index contributed by atoms with van der Waals surface area (Å²) in [5.41, 5.74) is 0.827. The van der Waals surface area contributed by atoms with E-state index in [4.69, 9.17) is 4.74 Å². The lowest BCUT2D eigenvalue weighted by molar-refractivity contribution is 0.0706. The Morgan fingerprint density at radius 3 is 2.74 bits per heavy atom. The number of nitrogens with zero attached hydrogens (tertiary/aromatic N) is 1. The number of hydrogen-bond acceptors (Lipinski definition) is 4. The van der Waals surface area contributed by atoms with Gasteiger partial charge >= 0.3 is 0 Å². The third-order valence-electron chi connectivity index (χ3n) is 4.22. The van der Waals surface area contributed by atoms with Crippen molar-refractivity contribution in [2.24, 2.45) is 0 Å². The fourth-order valence-corrected chi connectivity index (χ4v) is 2.86. The van der Waals surface area contributed by atoms with Gasteiger partial charge in [0, 0.05) is 28.6 Å². The highest BCUT2D eigenvalue weighted by Gasteiger charge is 2.18. The SMILES string of the molecule is COc1ccc2[nH]c(=O)c(CN(CCO)C(=O)c3cccc(F)c3)cc2c1. The zero-order valence-corrected chi connectivity index (χ0v) is 14.7. The standard InChI is InChI=1S/C20H19FN2O4/c1-27-17-5-6-18-14(11-17)9-15(19(25)22-18)12-23(7-8-24)20(26)13-3-2-4-16(21)10-13/h2-6,9-11,24H,7-8,12H2,1H3,(H,22,25). The first-order chi connectivity index (χ1) is 13.0. The van der Waals surface area contributed by atoms with Gasteiger partial charge in [-0.1, -0.05) is 6.07 Å². The Bertz CT molecular complexity index is 1030. The number of carbonyl (C=O) groups is 1. The summed E-state index contributed by atoms with van der Waals surface area (Å²) in [5.74, 6) is -0.349. The van der Waals surface area contributed by atoms with Gasteiger partial charge in [0.05, 0.1) is 20.3 Å². The van der Waals surface area contributed by atoms with Crippen LogP contribution in [0.1, 0.15) is 15.9 Å². The van der Waals surface area contributed by atoms with Crippen LogP contribution in [0.3, 0.4) is 0 Å².